The van der Waals surface area contributed by atoms with Crippen LogP contribution in [0.2, 0.25) is 0 Å². The van der Waals surface area contributed by atoms with E-state index in [1.54, 1.807) is 18.2 Å². The predicted molar refractivity (Wildman–Crippen MR) is 81.1 cm³/mol. The Bertz CT molecular complexity index is 628. The molecule has 6 nitrogen and oxygen atoms in total. The lowest BCUT2D eigenvalue weighted by atomic mass is 10.1. The van der Waals surface area contributed by atoms with Crippen molar-refractivity contribution in [3.8, 4) is 5.75 Å². The lowest BCUT2D eigenvalue weighted by Gasteiger charge is -2.14. The molecule has 0 saturated carbocycles. The summed E-state index contributed by atoms with van der Waals surface area (Å²) in [6, 6.07) is 5.05. The van der Waals surface area contributed by atoms with E-state index in [4.69, 9.17) is 10.5 Å². The Morgan fingerprint density at radius 1 is 1.48 bits per heavy atom. The Morgan fingerprint density at radius 3 is 2.86 bits per heavy atom. The Hall–Kier alpha value is -1.76. The number of rotatable bonds is 5. The second-order valence-electron chi connectivity index (χ2n) is 5.13. The Kier molecular flexibility index (Phi) is 4.72. The lowest BCUT2D eigenvalue weighted by Crippen LogP contribution is -2.30. The number of nitrogen functional groups attached to an aromatic ring is 1. The summed E-state index contributed by atoms with van der Waals surface area (Å²) in [4.78, 5) is 12.3. The van der Waals surface area contributed by atoms with E-state index in [1.807, 2.05) is 6.92 Å². The highest BCUT2D eigenvalue weighted by atomic mass is 32.2. The first-order chi connectivity index (χ1) is 9.93. The maximum Gasteiger partial charge on any atom is 0.257 e. The quantitative estimate of drug-likeness (QED) is 0.785. The first-order valence-electron chi connectivity index (χ1n) is 6.93. The van der Waals surface area contributed by atoms with Gasteiger partial charge < -0.3 is 15.8 Å². The average molecular weight is 312 g/mol. The van der Waals surface area contributed by atoms with E-state index < -0.39 is 9.84 Å². The molecule has 1 unspecified atom stereocenters. The third-order valence-corrected chi connectivity index (χ3v) is 5.30. The van der Waals surface area contributed by atoms with Gasteiger partial charge in [-0.25, -0.2) is 8.42 Å². The third-order valence-electron chi connectivity index (χ3n) is 3.46. The molecule has 21 heavy (non-hydrogen) atoms. The van der Waals surface area contributed by atoms with Crippen molar-refractivity contribution in [3.05, 3.63) is 23.8 Å². The SMILES string of the molecule is CCOc1cccc(N)c1C(=O)NCC1CCS(=O)(=O)C1. The smallest absolute Gasteiger partial charge is 0.257 e. The molecule has 1 aromatic carbocycles. The fourth-order valence-electron chi connectivity index (χ4n) is 2.43. The second-order valence-corrected chi connectivity index (χ2v) is 7.36. The Morgan fingerprint density at radius 2 is 2.24 bits per heavy atom. The highest BCUT2D eigenvalue weighted by Gasteiger charge is 2.28. The summed E-state index contributed by atoms with van der Waals surface area (Å²) in [5.41, 5.74) is 6.49. The molecule has 1 aromatic rings. The van der Waals surface area contributed by atoms with Crippen LogP contribution in [0.1, 0.15) is 23.7 Å². The number of carbonyl (C=O) groups excluding carboxylic acids is 1. The summed E-state index contributed by atoms with van der Waals surface area (Å²) in [5.74, 6) is 0.412. The monoisotopic (exact) mass is 312 g/mol. The van der Waals surface area contributed by atoms with E-state index in [9.17, 15) is 13.2 Å². The average Bonchev–Trinajstić information content (AvgIpc) is 2.76. The van der Waals surface area contributed by atoms with Gasteiger partial charge in [-0.1, -0.05) is 6.07 Å². The molecule has 1 amide bonds. The minimum atomic E-state index is -2.93. The third kappa shape index (κ3) is 3.87. The number of nitrogens with two attached hydrogens (primary N) is 1. The van der Waals surface area contributed by atoms with Crippen LogP contribution in [0.5, 0.6) is 5.75 Å². The van der Waals surface area contributed by atoms with E-state index >= 15 is 0 Å². The fraction of sp³-hybridized carbons (Fsp3) is 0.500. The van der Waals surface area contributed by atoms with E-state index in [1.165, 1.54) is 0 Å². The van der Waals surface area contributed by atoms with E-state index in [0.29, 0.717) is 36.6 Å². The van der Waals surface area contributed by atoms with Gasteiger partial charge in [0.05, 0.1) is 18.1 Å². The van der Waals surface area contributed by atoms with Crippen molar-refractivity contribution in [2.75, 3.05) is 30.4 Å². The number of amides is 1. The van der Waals surface area contributed by atoms with E-state index in [2.05, 4.69) is 5.32 Å². The highest BCUT2D eigenvalue weighted by molar-refractivity contribution is 7.91. The number of carbonyl (C=O) groups is 1. The van der Waals surface area contributed by atoms with Gasteiger partial charge in [0.15, 0.2) is 9.84 Å². The zero-order valence-electron chi connectivity index (χ0n) is 12.0. The van der Waals surface area contributed by atoms with Crippen molar-refractivity contribution in [2.45, 2.75) is 13.3 Å². The molecule has 1 saturated heterocycles. The molecule has 1 heterocycles. The first-order valence-corrected chi connectivity index (χ1v) is 8.75. The van der Waals surface area contributed by atoms with Gasteiger partial charge in [-0.2, -0.15) is 0 Å². The summed E-state index contributed by atoms with van der Waals surface area (Å²) in [6.45, 7) is 2.59. The van der Waals surface area contributed by atoms with Crippen LogP contribution in [0.3, 0.4) is 0 Å². The summed E-state index contributed by atoms with van der Waals surface area (Å²) >= 11 is 0. The molecule has 1 aliphatic heterocycles. The maximum absolute atomic E-state index is 12.3. The van der Waals surface area contributed by atoms with Crippen molar-refractivity contribution < 1.29 is 17.9 Å². The summed E-state index contributed by atoms with van der Waals surface area (Å²) in [7, 11) is -2.93. The molecule has 1 atom stereocenters. The van der Waals surface area contributed by atoms with Crippen molar-refractivity contribution in [3.63, 3.8) is 0 Å². The zero-order chi connectivity index (χ0) is 15.5. The van der Waals surface area contributed by atoms with Crippen LogP contribution >= 0.6 is 0 Å². The minimum absolute atomic E-state index is 0.0283. The number of ether oxygens (including phenoxy) is 1. The molecule has 1 fully saturated rings. The van der Waals surface area contributed by atoms with Crippen LogP contribution in [-0.2, 0) is 9.84 Å². The highest BCUT2D eigenvalue weighted by Crippen LogP contribution is 2.25. The van der Waals surface area contributed by atoms with Gasteiger partial charge in [0, 0.05) is 12.2 Å². The molecule has 7 heteroatoms. The summed E-state index contributed by atoms with van der Waals surface area (Å²) in [6.07, 6.45) is 0.588. The molecule has 0 aromatic heterocycles. The standard InChI is InChI=1S/C14H20N2O4S/c1-2-20-12-5-3-4-11(15)13(12)14(17)16-8-10-6-7-21(18,19)9-10/h3-5,10H,2,6-9,15H2,1H3,(H,16,17). The van der Waals surface area contributed by atoms with Gasteiger partial charge >= 0.3 is 0 Å². The summed E-state index contributed by atoms with van der Waals surface area (Å²) in [5, 5.41) is 2.75. The van der Waals surface area contributed by atoms with E-state index in [0.717, 1.165) is 0 Å². The van der Waals surface area contributed by atoms with Crippen molar-refractivity contribution in [1.29, 1.82) is 0 Å². The van der Waals surface area contributed by atoms with Crippen molar-refractivity contribution in [1.82, 2.24) is 5.32 Å². The van der Waals surface area contributed by atoms with Gasteiger partial charge in [-0.05, 0) is 31.4 Å². The van der Waals surface area contributed by atoms with Crippen LogP contribution < -0.4 is 15.8 Å². The van der Waals surface area contributed by atoms with Crippen molar-refractivity contribution in [2.24, 2.45) is 5.92 Å². The molecule has 0 radical (unpaired) electrons. The Balaban J connectivity index is 2.04. The second kappa shape index (κ2) is 6.34. The minimum Gasteiger partial charge on any atom is -0.493 e. The predicted octanol–water partition coefficient (Wildman–Crippen LogP) is 0.832. The number of hydrogen-bond donors (Lipinski definition) is 2. The molecule has 0 aliphatic carbocycles. The topological polar surface area (TPSA) is 98.5 Å². The molecule has 116 valence electrons. The van der Waals surface area contributed by atoms with Crippen LogP contribution in [0.4, 0.5) is 5.69 Å². The van der Waals surface area contributed by atoms with Crippen molar-refractivity contribution >= 4 is 21.4 Å². The normalized spacial score (nSPS) is 20.1. The molecular formula is C14H20N2O4S. The summed E-state index contributed by atoms with van der Waals surface area (Å²) < 4.78 is 28.2. The lowest BCUT2D eigenvalue weighted by molar-refractivity contribution is 0.0945. The number of hydrogen-bond acceptors (Lipinski definition) is 5. The number of nitrogens with one attached hydrogen (secondary N) is 1. The number of benzene rings is 1. The van der Waals surface area contributed by atoms with Crippen LogP contribution in [0.15, 0.2) is 18.2 Å². The maximum atomic E-state index is 12.3. The molecule has 0 bridgehead atoms. The molecule has 1 aliphatic rings. The Labute approximate surface area is 124 Å². The molecule has 3 N–H and O–H groups in total. The van der Waals surface area contributed by atoms with E-state index in [-0.39, 0.29) is 23.3 Å². The number of anilines is 1. The van der Waals surface area contributed by atoms with Gasteiger partial charge in [0.2, 0.25) is 0 Å². The fourth-order valence-corrected chi connectivity index (χ4v) is 4.29. The molecular weight excluding hydrogens is 292 g/mol. The number of sulfone groups is 1. The molecule has 0 spiro atoms. The van der Waals surface area contributed by atoms with Gasteiger partial charge in [0.1, 0.15) is 11.3 Å². The molecule has 2 rings (SSSR count). The first kappa shape index (κ1) is 15.6. The van der Waals surface area contributed by atoms with Gasteiger partial charge in [0.25, 0.3) is 5.91 Å². The van der Waals surface area contributed by atoms with Crippen LogP contribution in [0.25, 0.3) is 0 Å². The van der Waals surface area contributed by atoms with Gasteiger partial charge in [-0.3, -0.25) is 4.79 Å². The zero-order valence-corrected chi connectivity index (χ0v) is 12.8. The van der Waals surface area contributed by atoms with Gasteiger partial charge in [-0.15, -0.1) is 0 Å². The van der Waals surface area contributed by atoms with Crippen LogP contribution in [-0.4, -0.2) is 39.0 Å². The largest absolute Gasteiger partial charge is 0.493 e. The van der Waals surface area contributed by atoms with Crippen LogP contribution in [0, 0.1) is 5.92 Å².